The predicted molar refractivity (Wildman–Crippen MR) is 65.8 cm³/mol. The normalized spacial score (nSPS) is 11.1. The Morgan fingerprint density at radius 1 is 1.31 bits per heavy atom. The van der Waals surface area contributed by atoms with Gasteiger partial charge in [-0.25, -0.2) is 0 Å². The Morgan fingerprint density at radius 2 is 2.19 bits per heavy atom. The van der Waals surface area contributed by atoms with Gasteiger partial charge in [0, 0.05) is 30.5 Å². The van der Waals surface area contributed by atoms with E-state index >= 15 is 0 Å². The topological polar surface area (TPSA) is 33.9 Å². The van der Waals surface area contributed by atoms with Crippen LogP contribution in [0.3, 0.4) is 0 Å². The molecule has 2 heterocycles. The van der Waals surface area contributed by atoms with Crippen molar-refractivity contribution < 1.29 is 4.42 Å². The minimum atomic E-state index is 0.405. The van der Waals surface area contributed by atoms with E-state index in [9.17, 15) is 0 Å². The second kappa shape index (κ2) is 3.35. The first-order valence-corrected chi connectivity index (χ1v) is 5.39. The third-order valence-electron chi connectivity index (χ3n) is 2.70. The molecule has 0 aliphatic heterocycles. The summed E-state index contributed by atoms with van der Waals surface area (Å²) in [6.45, 7) is 0. The van der Waals surface area contributed by atoms with E-state index < -0.39 is 0 Å². The molecule has 3 aromatic rings. The summed E-state index contributed by atoms with van der Waals surface area (Å²) < 4.78 is 7.47. The summed E-state index contributed by atoms with van der Waals surface area (Å²) in [4.78, 5) is 3.27. The van der Waals surface area contributed by atoms with E-state index in [1.807, 2.05) is 19.3 Å². The summed E-state index contributed by atoms with van der Waals surface area (Å²) in [5, 5.41) is 1.22. The minimum absolute atomic E-state index is 0.405. The molecule has 1 aromatic carbocycles. The Hall–Kier alpha value is -1.81. The van der Waals surface area contributed by atoms with Crippen LogP contribution in [0.4, 0.5) is 0 Å². The largest absolute Gasteiger partial charge is 0.429 e. The monoisotopic (exact) mass is 230 g/mol. The Labute approximate surface area is 97.3 Å². The summed E-state index contributed by atoms with van der Waals surface area (Å²) >= 11 is 4.91. The van der Waals surface area contributed by atoms with Gasteiger partial charge in [0.2, 0.25) is 0 Å². The summed E-state index contributed by atoms with van der Waals surface area (Å²) in [7, 11) is 2.03. The number of aryl methyl sites for hydroxylation is 1. The van der Waals surface area contributed by atoms with Gasteiger partial charge in [0.1, 0.15) is 0 Å². The number of hydrogen-bond donors (Lipinski definition) is 1. The lowest BCUT2D eigenvalue weighted by molar-refractivity contribution is 0.554. The van der Waals surface area contributed by atoms with E-state index in [0.29, 0.717) is 4.84 Å². The Bertz CT molecular complexity index is 705. The molecule has 0 amide bonds. The molecule has 0 atom stereocenters. The van der Waals surface area contributed by atoms with E-state index in [-0.39, 0.29) is 0 Å². The van der Waals surface area contributed by atoms with E-state index in [4.69, 9.17) is 16.6 Å². The first kappa shape index (κ1) is 9.42. The molecule has 2 aromatic heterocycles. The summed E-state index contributed by atoms with van der Waals surface area (Å²) in [5.41, 5.74) is 2.21. The van der Waals surface area contributed by atoms with Gasteiger partial charge in [-0.15, -0.1) is 0 Å². The number of rotatable bonds is 1. The molecule has 0 aliphatic carbocycles. The average molecular weight is 230 g/mol. The molecule has 4 heteroatoms. The number of fused-ring (bicyclic) bond motifs is 1. The fourth-order valence-corrected chi connectivity index (χ4v) is 1.99. The SMILES string of the molecule is Cn1ccc2ccc(-c3c[nH]c(=S)o3)cc21. The minimum Gasteiger partial charge on any atom is -0.429 e. The highest BCUT2D eigenvalue weighted by Crippen LogP contribution is 2.24. The van der Waals surface area contributed by atoms with Crippen molar-refractivity contribution in [2.24, 2.45) is 7.05 Å². The number of aromatic amines is 1. The lowest BCUT2D eigenvalue weighted by atomic mass is 10.1. The maximum atomic E-state index is 5.38. The van der Waals surface area contributed by atoms with Crippen LogP contribution in [0.25, 0.3) is 22.2 Å². The molecule has 0 aliphatic rings. The van der Waals surface area contributed by atoms with Crippen LogP contribution < -0.4 is 0 Å². The lowest BCUT2D eigenvalue weighted by Crippen LogP contribution is -1.84. The maximum Gasteiger partial charge on any atom is 0.266 e. The van der Waals surface area contributed by atoms with E-state index in [2.05, 4.69) is 27.8 Å². The highest BCUT2D eigenvalue weighted by molar-refractivity contribution is 7.71. The van der Waals surface area contributed by atoms with Gasteiger partial charge < -0.3 is 14.0 Å². The van der Waals surface area contributed by atoms with Crippen LogP contribution in [0.2, 0.25) is 0 Å². The van der Waals surface area contributed by atoms with Crippen LogP contribution >= 0.6 is 12.2 Å². The molecule has 0 bridgehead atoms. The third-order valence-corrected chi connectivity index (χ3v) is 2.90. The van der Waals surface area contributed by atoms with E-state index in [0.717, 1.165) is 11.3 Å². The zero-order valence-corrected chi connectivity index (χ0v) is 9.54. The summed E-state index contributed by atoms with van der Waals surface area (Å²) in [6, 6.07) is 8.29. The van der Waals surface area contributed by atoms with Crippen LogP contribution in [0.1, 0.15) is 0 Å². The fraction of sp³-hybridized carbons (Fsp3) is 0.0833. The molecular weight excluding hydrogens is 220 g/mol. The molecular formula is C12H10N2OS. The quantitative estimate of drug-likeness (QED) is 0.649. The maximum absolute atomic E-state index is 5.38. The van der Waals surface area contributed by atoms with Crippen LogP contribution in [-0.2, 0) is 7.05 Å². The van der Waals surface area contributed by atoms with Crippen LogP contribution in [-0.4, -0.2) is 9.55 Å². The molecule has 0 radical (unpaired) electrons. The number of benzene rings is 1. The zero-order valence-electron chi connectivity index (χ0n) is 8.73. The van der Waals surface area contributed by atoms with Gasteiger partial charge in [-0.2, -0.15) is 0 Å². The zero-order chi connectivity index (χ0) is 11.1. The number of oxazole rings is 1. The van der Waals surface area contributed by atoms with Gasteiger partial charge in [-0.3, -0.25) is 0 Å². The van der Waals surface area contributed by atoms with Crippen LogP contribution in [0.5, 0.6) is 0 Å². The standard InChI is InChI=1S/C12H10N2OS/c1-14-5-4-8-2-3-9(6-10(8)14)11-7-13-12(16)15-11/h2-7H,1H3,(H,13,16). The molecule has 3 rings (SSSR count). The number of nitrogens with zero attached hydrogens (tertiary/aromatic N) is 1. The Balaban J connectivity index is 2.24. The number of nitrogens with one attached hydrogen (secondary N) is 1. The van der Waals surface area contributed by atoms with Gasteiger partial charge in [0.05, 0.1) is 0 Å². The van der Waals surface area contributed by atoms with Gasteiger partial charge in [-0.05, 0) is 29.7 Å². The molecule has 0 saturated carbocycles. The number of H-pyrrole nitrogens is 1. The van der Waals surface area contributed by atoms with E-state index in [1.165, 1.54) is 10.9 Å². The summed E-state index contributed by atoms with van der Waals surface area (Å²) in [6.07, 6.45) is 3.83. The molecule has 0 fully saturated rings. The number of aromatic nitrogens is 2. The predicted octanol–water partition coefficient (Wildman–Crippen LogP) is 3.50. The van der Waals surface area contributed by atoms with Crippen molar-refractivity contribution in [3.05, 3.63) is 41.5 Å². The van der Waals surface area contributed by atoms with E-state index in [1.54, 1.807) is 6.20 Å². The van der Waals surface area contributed by atoms with Gasteiger partial charge >= 0.3 is 0 Å². The molecule has 16 heavy (non-hydrogen) atoms. The molecule has 1 N–H and O–H groups in total. The highest BCUT2D eigenvalue weighted by Gasteiger charge is 2.04. The van der Waals surface area contributed by atoms with Crippen molar-refractivity contribution in [2.75, 3.05) is 0 Å². The third kappa shape index (κ3) is 1.39. The first-order valence-electron chi connectivity index (χ1n) is 4.98. The fourth-order valence-electron chi connectivity index (χ4n) is 1.84. The van der Waals surface area contributed by atoms with Crippen LogP contribution in [0.15, 0.2) is 41.1 Å². The van der Waals surface area contributed by atoms with Crippen molar-refractivity contribution in [2.45, 2.75) is 0 Å². The van der Waals surface area contributed by atoms with Crippen LogP contribution in [0, 0.1) is 4.84 Å². The van der Waals surface area contributed by atoms with Crippen molar-refractivity contribution >= 4 is 23.1 Å². The lowest BCUT2D eigenvalue weighted by Gasteiger charge is -1.99. The molecule has 80 valence electrons. The Kier molecular flexibility index (Phi) is 1.97. The van der Waals surface area contributed by atoms with Crippen molar-refractivity contribution in [3.63, 3.8) is 0 Å². The van der Waals surface area contributed by atoms with Gasteiger partial charge in [0.15, 0.2) is 5.76 Å². The summed E-state index contributed by atoms with van der Waals surface area (Å²) in [5.74, 6) is 0.771. The van der Waals surface area contributed by atoms with Crippen molar-refractivity contribution in [3.8, 4) is 11.3 Å². The smallest absolute Gasteiger partial charge is 0.266 e. The van der Waals surface area contributed by atoms with Gasteiger partial charge in [-0.1, -0.05) is 12.1 Å². The average Bonchev–Trinajstić information content (AvgIpc) is 2.86. The van der Waals surface area contributed by atoms with Gasteiger partial charge in [0.25, 0.3) is 4.84 Å². The second-order valence-electron chi connectivity index (χ2n) is 3.74. The molecule has 0 unspecified atom stereocenters. The highest BCUT2D eigenvalue weighted by atomic mass is 32.1. The first-order chi connectivity index (χ1) is 7.74. The van der Waals surface area contributed by atoms with Crippen molar-refractivity contribution in [1.29, 1.82) is 0 Å². The second-order valence-corrected chi connectivity index (χ2v) is 4.11. The molecule has 0 saturated heterocycles. The molecule has 0 spiro atoms. The van der Waals surface area contributed by atoms with Crippen molar-refractivity contribution in [1.82, 2.24) is 9.55 Å². The number of hydrogen-bond acceptors (Lipinski definition) is 2. The molecule has 3 nitrogen and oxygen atoms in total. The Morgan fingerprint density at radius 3 is 2.94 bits per heavy atom.